The molecule has 0 aliphatic heterocycles. The van der Waals surface area contributed by atoms with Crippen LogP contribution in [-0.4, -0.2) is 24.5 Å². The van der Waals surface area contributed by atoms with Crippen LogP contribution in [0, 0.1) is 6.92 Å². The van der Waals surface area contributed by atoms with Crippen molar-refractivity contribution in [3.05, 3.63) is 83.6 Å². The Kier molecular flexibility index (Phi) is 6.05. The fraction of sp³-hybridized carbons (Fsp3) is 0.182. The number of hydrogen-bond acceptors (Lipinski definition) is 4. The quantitative estimate of drug-likeness (QED) is 0.665. The normalized spacial score (nSPS) is 10.3. The monoisotopic (exact) mass is 361 g/mol. The molecule has 3 aromatic rings. The second kappa shape index (κ2) is 8.85. The number of nitrogens with one attached hydrogen (secondary N) is 2. The van der Waals surface area contributed by atoms with Gasteiger partial charge in [-0.25, -0.2) is 4.98 Å². The fourth-order valence-electron chi connectivity index (χ4n) is 2.64. The van der Waals surface area contributed by atoms with E-state index < -0.39 is 0 Å². The van der Waals surface area contributed by atoms with Crippen molar-refractivity contribution in [1.82, 2.24) is 10.3 Å². The van der Waals surface area contributed by atoms with Crippen molar-refractivity contribution in [1.29, 1.82) is 0 Å². The van der Waals surface area contributed by atoms with Crippen LogP contribution < -0.4 is 15.4 Å². The number of nitrogens with zero attached hydrogens (tertiary/aromatic N) is 1. The molecule has 0 unspecified atom stereocenters. The number of benzene rings is 2. The third kappa shape index (κ3) is 5.31. The number of aryl methyl sites for hydroxylation is 1. The van der Waals surface area contributed by atoms with Gasteiger partial charge >= 0.3 is 0 Å². The maximum atomic E-state index is 12.3. The number of pyridine rings is 1. The average molecular weight is 361 g/mol. The summed E-state index contributed by atoms with van der Waals surface area (Å²) in [5, 5.41) is 6.14. The van der Waals surface area contributed by atoms with Crippen LogP contribution in [0.4, 0.5) is 11.5 Å². The van der Waals surface area contributed by atoms with Crippen molar-refractivity contribution in [3.63, 3.8) is 0 Å². The van der Waals surface area contributed by atoms with Crippen LogP contribution in [0.15, 0.2) is 66.9 Å². The van der Waals surface area contributed by atoms with Crippen molar-refractivity contribution < 1.29 is 9.53 Å². The molecule has 3 rings (SSSR count). The van der Waals surface area contributed by atoms with Crippen molar-refractivity contribution in [2.75, 3.05) is 19.0 Å². The predicted octanol–water partition coefficient (Wildman–Crippen LogP) is 4.11. The Hall–Kier alpha value is -3.34. The molecular formula is C22H23N3O2. The minimum absolute atomic E-state index is 0.132. The zero-order valence-electron chi connectivity index (χ0n) is 15.5. The number of methoxy groups -OCH3 is 1. The van der Waals surface area contributed by atoms with E-state index in [-0.39, 0.29) is 5.91 Å². The van der Waals surface area contributed by atoms with E-state index in [0.29, 0.717) is 17.9 Å². The molecule has 2 N–H and O–H groups in total. The van der Waals surface area contributed by atoms with Gasteiger partial charge in [0.05, 0.1) is 12.7 Å². The molecule has 0 spiro atoms. The van der Waals surface area contributed by atoms with Gasteiger partial charge in [-0.05, 0) is 55.3 Å². The summed E-state index contributed by atoms with van der Waals surface area (Å²) in [5.74, 6) is 1.39. The Bertz CT molecular complexity index is 890. The lowest BCUT2D eigenvalue weighted by Crippen LogP contribution is -2.25. The van der Waals surface area contributed by atoms with E-state index in [1.54, 1.807) is 25.4 Å². The van der Waals surface area contributed by atoms with Crippen molar-refractivity contribution in [3.8, 4) is 5.75 Å². The SMILES string of the molecule is COc1cccc(CCNC(=O)c2ccc(Nc3ccc(C)cc3)nc2)c1. The Morgan fingerprint density at radius 3 is 2.59 bits per heavy atom. The molecule has 0 bridgehead atoms. The van der Waals surface area contributed by atoms with E-state index in [0.717, 1.165) is 23.4 Å². The van der Waals surface area contributed by atoms with Gasteiger partial charge in [-0.1, -0.05) is 29.8 Å². The van der Waals surface area contributed by atoms with Gasteiger partial charge in [0, 0.05) is 18.4 Å². The molecular weight excluding hydrogens is 338 g/mol. The summed E-state index contributed by atoms with van der Waals surface area (Å²) in [7, 11) is 1.64. The maximum Gasteiger partial charge on any atom is 0.252 e. The smallest absolute Gasteiger partial charge is 0.252 e. The van der Waals surface area contributed by atoms with E-state index in [2.05, 4.69) is 15.6 Å². The molecule has 1 heterocycles. The first kappa shape index (κ1) is 18.5. The third-order valence-corrected chi connectivity index (χ3v) is 4.18. The summed E-state index contributed by atoms with van der Waals surface area (Å²) in [6, 6.07) is 19.5. The van der Waals surface area contributed by atoms with Gasteiger partial charge in [0.15, 0.2) is 0 Å². The van der Waals surface area contributed by atoms with Crippen LogP contribution in [-0.2, 0) is 6.42 Å². The first-order chi connectivity index (χ1) is 13.1. The fourth-order valence-corrected chi connectivity index (χ4v) is 2.64. The molecule has 0 saturated carbocycles. The number of carbonyl (C=O) groups is 1. The van der Waals surface area contributed by atoms with Gasteiger partial charge in [-0.15, -0.1) is 0 Å². The standard InChI is InChI=1S/C22H23N3O2/c1-16-6-9-19(10-7-16)25-21-11-8-18(15-24-21)22(26)23-13-12-17-4-3-5-20(14-17)27-2/h3-11,14-15H,12-13H2,1-2H3,(H,23,26)(H,24,25). The number of rotatable bonds is 7. The highest BCUT2D eigenvalue weighted by Gasteiger charge is 2.06. The minimum Gasteiger partial charge on any atom is -0.497 e. The molecule has 0 saturated heterocycles. The van der Waals surface area contributed by atoms with Gasteiger partial charge in [0.25, 0.3) is 5.91 Å². The predicted molar refractivity (Wildman–Crippen MR) is 108 cm³/mol. The maximum absolute atomic E-state index is 12.3. The molecule has 0 aliphatic rings. The molecule has 27 heavy (non-hydrogen) atoms. The first-order valence-electron chi connectivity index (χ1n) is 8.85. The van der Waals surface area contributed by atoms with Gasteiger partial charge in [0.1, 0.15) is 11.6 Å². The number of anilines is 2. The summed E-state index contributed by atoms with van der Waals surface area (Å²) in [6.07, 6.45) is 2.32. The minimum atomic E-state index is -0.132. The highest BCUT2D eigenvalue weighted by Crippen LogP contribution is 2.15. The first-order valence-corrected chi connectivity index (χ1v) is 8.85. The topological polar surface area (TPSA) is 63.2 Å². The summed E-state index contributed by atoms with van der Waals surface area (Å²) in [6.45, 7) is 2.60. The zero-order valence-corrected chi connectivity index (χ0v) is 15.5. The van der Waals surface area contributed by atoms with E-state index in [9.17, 15) is 4.79 Å². The summed E-state index contributed by atoms with van der Waals surface area (Å²) >= 11 is 0. The van der Waals surface area contributed by atoms with Crippen LogP contribution >= 0.6 is 0 Å². The highest BCUT2D eigenvalue weighted by atomic mass is 16.5. The number of ether oxygens (including phenoxy) is 1. The van der Waals surface area contributed by atoms with Gasteiger partial charge in [-0.3, -0.25) is 4.79 Å². The van der Waals surface area contributed by atoms with Gasteiger partial charge in [0.2, 0.25) is 0 Å². The number of amides is 1. The molecule has 0 atom stereocenters. The van der Waals surface area contributed by atoms with Gasteiger partial charge in [-0.2, -0.15) is 0 Å². The second-order valence-corrected chi connectivity index (χ2v) is 6.28. The van der Waals surface area contributed by atoms with Crippen LogP contribution in [0.5, 0.6) is 5.75 Å². The zero-order chi connectivity index (χ0) is 19.1. The Morgan fingerprint density at radius 1 is 1.07 bits per heavy atom. The largest absolute Gasteiger partial charge is 0.497 e. The number of carbonyl (C=O) groups excluding carboxylic acids is 1. The van der Waals surface area contributed by atoms with Crippen LogP contribution in [0.25, 0.3) is 0 Å². The molecule has 1 aromatic heterocycles. The van der Waals surface area contributed by atoms with E-state index in [1.807, 2.05) is 55.5 Å². The molecule has 0 fully saturated rings. The van der Waals surface area contributed by atoms with E-state index in [4.69, 9.17) is 4.74 Å². The van der Waals surface area contributed by atoms with Crippen LogP contribution in [0.3, 0.4) is 0 Å². The van der Waals surface area contributed by atoms with Crippen LogP contribution in [0.1, 0.15) is 21.5 Å². The second-order valence-electron chi connectivity index (χ2n) is 6.28. The van der Waals surface area contributed by atoms with Crippen LogP contribution in [0.2, 0.25) is 0 Å². The molecule has 5 heteroatoms. The summed E-state index contributed by atoms with van der Waals surface area (Å²) in [4.78, 5) is 16.6. The highest BCUT2D eigenvalue weighted by molar-refractivity contribution is 5.94. The lowest BCUT2D eigenvalue weighted by atomic mass is 10.1. The summed E-state index contributed by atoms with van der Waals surface area (Å²) in [5.41, 5.74) is 3.82. The molecule has 0 radical (unpaired) electrons. The molecule has 1 amide bonds. The Morgan fingerprint density at radius 2 is 1.89 bits per heavy atom. The van der Waals surface area contributed by atoms with Crippen molar-refractivity contribution >= 4 is 17.4 Å². The number of aromatic nitrogens is 1. The molecule has 0 aliphatic carbocycles. The average Bonchev–Trinajstić information content (AvgIpc) is 2.70. The molecule has 2 aromatic carbocycles. The lowest BCUT2D eigenvalue weighted by molar-refractivity contribution is 0.0954. The molecule has 5 nitrogen and oxygen atoms in total. The number of hydrogen-bond donors (Lipinski definition) is 2. The third-order valence-electron chi connectivity index (χ3n) is 4.18. The van der Waals surface area contributed by atoms with E-state index in [1.165, 1.54) is 5.56 Å². The lowest BCUT2D eigenvalue weighted by Gasteiger charge is -2.08. The summed E-state index contributed by atoms with van der Waals surface area (Å²) < 4.78 is 5.21. The Balaban J connectivity index is 1.51. The molecule has 138 valence electrons. The van der Waals surface area contributed by atoms with Crippen molar-refractivity contribution in [2.24, 2.45) is 0 Å². The Labute approximate surface area is 159 Å². The van der Waals surface area contributed by atoms with E-state index >= 15 is 0 Å². The van der Waals surface area contributed by atoms with Gasteiger partial charge < -0.3 is 15.4 Å². The van der Waals surface area contributed by atoms with Crippen molar-refractivity contribution in [2.45, 2.75) is 13.3 Å².